The number of pyridine rings is 1. The molecule has 0 bridgehead atoms. The number of anilines is 2. The number of hydrogen-bond donors (Lipinski definition) is 2. The van der Waals surface area contributed by atoms with Gasteiger partial charge >= 0.3 is 0 Å². The van der Waals surface area contributed by atoms with Gasteiger partial charge in [0.2, 0.25) is 5.13 Å². The first-order valence-corrected chi connectivity index (χ1v) is 8.69. The van der Waals surface area contributed by atoms with Crippen molar-refractivity contribution in [3.8, 4) is 0 Å². The minimum absolute atomic E-state index is 0.127. The quantitative estimate of drug-likeness (QED) is 0.842. The second-order valence-corrected chi connectivity index (χ2v) is 7.58. The van der Waals surface area contributed by atoms with E-state index in [2.05, 4.69) is 39.1 Å². The first-order valence-electron chi connectivity index (χ1n) is 6.39. The molecule has 2 heterocycles. The lowest BCUT2D eigenvalue weighted by molar-refractivity contribution is 0.601. The third-order valence-electron chi connectivity index (χ3n) is 2.57. The van der Waals surface area contributed by atoms with E-state index in [9.17, 15) is 8.42 Å². The summed E-state index contributed by atoms with van der Waals surface area (Å²) in [5.74, 6) is 0.927. The van der Waals surface area contributed by atoms with Crippen LogP contribution in [0.3, 0.4) is 0 Å². The van der Waals surface area contributed by atoms with E-state index < -0.39 is 10.0 Å². The summed E-state index contributed by atoms with van der Waals surface area (Å²) in [5.41, 5.74) is 0. The van der Waals surface area contributed by atoms with Crippen molar-refractivity contribution in [3.05, 3.63) is 23.3 Å². The Morgan fingerprint density at radius 3 is 2.76 bits per heavy atom. The van der Waals surface area contributed by atoms with E-state index in [1.54, 1.807) is 7.05 Å². The maximum atomic E-state index is 12.3. The van der Waals surface area contributed by atoms with Crippen LogP contribution in [-0.2, 0) is 16.4 Å². The second kappa shape index (κ2) is 6.35. The maximum Gasteiger partial charge on any atom is 0.263 e. The summed E-state index contributed by atoms with van der Waals surface area (Å²) in [7, 11) is -2.01. The summed E-state index contributed by atoms with van der Waals surface area (Å²) < 4.78 is 27.0. The molecule has 0 saturated carbocycles. The Balaban J connectivity index is 2.18. The topological polar surface area (TPSA) is 96.9 Å². The molecule has 0 radical (unpaired) electrons. The van der Waals surface area contributed by atoms with Gasteiger partial charge in [-0.15, -0.1) is 10.2 Å². The molecule has 2 aromatic heterocycles. The largest absolute Gasteiger partial charge is 0.373 e. The van der Waals surface area contributed by atoms with Crippen LogP contribution in [0.1, 0.15) is 18.9 Å². The maximum absolute atomic E-state index is 12.3. The van der Waals surface area contributed by atoms with Crippen LogP contribution in [0.2, 0.25) is 0 Å². The Morgan fingerprint density at radius 1 is 1.33 bits per heavy atom. The van der Waals surface area contributed by atoms with Crippen LogP contribution in [0.25, 0.3) is 0 Å². The van der Waals surface area contributed by atoms with E-state index in [0.29, 0.717) is 11.7 Å². The third kappa shape index (κ3) is 4.11. The summed E-state index contributed by atoms with van der Waals surface area (Å²) >= 11 is 1.25. The number of sulfonamides is 1. The average molecular weight is 327 g/mol. The number of hydrogen-bond acceptors (Lipinski definition) is 7. The molecule has 0 amide bonds. The zero-order valence-corrected chi connectivity index (χ0v) is 13.6. The lowest BCUT2D eigenvalue weighted by Crippen LogP contribution is -2.13. The van der Waals surface area contributed by atoms with Crippen molar-refractivity contribution in [2.75, 3.05) is 17.1 Å². The summed E-state index contributed by atoms with van der Waals surface area (Å²) in [6, 6.07) is 2.89. The average Bonchev–Trinajstić information content (AvgIpc) is 2.84. The van der Waals surface area contributed by atoms with Crippen LogP contribution in [0, 0.1) is 5.92 Å². The summed E-state index contributed by atoms with van der Waals surface area (Å²) in [6.07, 6.45) is 2.21. The van der Waals surface area contributed by atoms with Crippen molar-refractivity contribution in [2.24, 2.45) is 5.92 Å². The number of aromatic nitrogens is 3. The molecule has 0 spiro atoms. The molecule has 21 heavy (non-hydrogen) atoms. The highest BCUT2D eigenvalue weighted by Crippen LogP contribution is 2.22. The molecule has 2 rings (SSSR count). The van der Waals surface area contributed by atoms with Crippen LogP contribution in [0.5, 0.6) is 0 Å². The first kappa shape index (κ1) is 15.6. The molecule has 2 N–H and O–H groups in total. The van der Waals surface area contributed by atoms with Gasteiger partial charge in [0.1, 0.15) is 10.8 Å². The van der Waals surface area contributed by atoms with Gasteiger partial charge in [0.15, 0.2) is 0 Å². The van der Waals surface area contributed by atoms with E-state index in [-0.39, 0.29) is 10.0 Å². The number of rotatable bonds is 6. The zero-order valence-electron chi connectivity index (χ0n) is 12.0. The molecule has 2 aromatic rings. The first-order chi connectivity index (χ1) is 9.90. The predicted octanol–water partition coefficient (Wildman–Crippen LogP) is 1.97. The smallest absolute Gasteiger partial charge is 0.263 e. The van der Waals surface area contributed by atoms with Crippen LogP contribution in [0.4, 0.5) is 10.9 Å². The number of nitrogens with zero attached hydrogens (tertiary/aromatic N) is 3. The minimum Gasteiger partial charge on any atom is -0.373 e. The molecule has 7 nitrogen and oxygen atoms in total. The van der Waals surface area contributed by atoms with E-state index in [1.807, 2.05) is 0 Å². The molecule has 0 aliphatic carbocycles. The monoisotopic (exact) mass is 327 g/mol. The molecular formula is C12H17N5O2S2. The summed E-state index contributed by atoms with van der Waals surface area (Å²) in [4.78, 5) is 4.11. The predicted molar refractivity (Wildman–Crippen MR) is 83.0 cm³/mol. The fraction of sp³-hybridized carbons (Fsp3) is 0.417. The molecule has 0 aliphatic heterocycles. The highest BCUT2D eigenvalue weighted by Gasteiger charge is 2.17. The fourth-order valence-corrected chi connectivity index (χ4v) is 3.81. The SMILES string of the molecule is CNc1cc(S(=O)(=O)Nc2nnc(CC(C)C)s2)ccn1. The fourth-order valence-electron chi connectivity index (χ4n) is 1.62. The Kier molecular flexibility index (Phi) is 4.73. The molecule has 0 aliphatic rings. The van der Waals surface area contributed by atoms with Crippen molar-refractivity contribution >= 4 is 32.3 Å². The minimum atomic E-state index is -3.68. The van der Waals surface area contributed by atoms with Gasteiger partial charge in [0.05, 0.1) is 4.90 Å². The van der Waals surface area contributed by atoms with Crippen LogP contribution in [-0.4, -0.2) is 30.6 Å². The Morgan fingerprint density at radius 2 is 2.10 bits per heavy atom. The van der Waals surface area contributed by atoms with Crippen LogP contribution < -0.4 is 10.0 Å². The molecule has 0 saturated heterocycles. The van der Waals surface area contributed by atoms with Gasteiger partial charge in [-0.25, -0.2) is 13.4 Å². The van der Waals surface area contributed by atoms with Gasteiger partial charge in [-0.2, -0.15) is 0 Å². The Labute approximate surface area is 127 Å². The second-order valence-electron chi connectivity index (χ2n) is 4.83. The van der Waals surface area contributed by atoms with Crippen molar-refractivity contribution in [1.82, 2.24) is 15.2 Å². The lowest BCUT2D eigenvalue weighted by atomic mass is 10.1. The molecule has 0 fully saturated rings. The highest BCUT2D eigenvalue weighted by atomic mass is 32.2. The van der Waals surface area contributed by atoms with Crippen LogP contribution >= 0.6 is 11.3 Å². The standard InChI is InChI=1S/C12H17N5O2S2/c1-8(2)6-11-15-16-12(20-11)17-21(18,19)9-4-5-14-10(7-9)13-3/h4-5,7-8H,6H2,1-3H3,(H,13,14)(H,16,17). The molecule has 0 unspecified atom stereocenters. The van der Waals surface area contributed by atoms with Gasteiger partial charge in [-0.1, -0.05) is 25.2 Å². The van der Waals surface area contributed by atoms with Crippen molar-refractivity contribution < 1.29 is 8.42 Å². The molecular weight excluding hydrogens is 310 g/mol. The van der Waals surface area contributed by atoms with Crippen molar-refractivity contribution in [3.63, 3.8) is 0 Å². The van der Waals surface area contributed by atoms with Gasteiger partial charge < -0.3 is 5.32 Å². The molecule has 9 heteroatoms. The molecule has 0 aromatic carbocycles. The van der Waals surface area contributed by atoms with Gasteiger partial charge in [-0.3, -0.25) is 4.72 Å². The van der Waals surface area contributed by atoms with Crippen LogP contribution in [0.15, 0.2) is 23.2 Å². The van der Waals surface area contributed by atoms with E-state index in [0.717, 1.165) is 11.4 Å². The highest BCUT2D eigenvalue weighted by molar-refractivity contribution is 7.93. The van der Waals surface area contributed by atoms with Gasteiger partial charge in [0.25, 0.3) is 10.0 Å². The number of nitrogens with one attached hydrogen (secondary N) is 2. The summed E-state index contributed by atoms with van der Waals surface area (Å²) in [6.45, 7) is 4.14. The van der Waals surface area contributed by atoms with E-state index in [1.165, 1.54) is 29.7 Å². The Bertz CT molecular complexity index is 712. The summed E-state index contributed by atoms with van der Waals surface area (Å²) in [5, 5.41) is 11.7. The van der Waals surface area contributed by atoms with E-state index in [4.69, 9.17) is 0 Å². The van der Waals surface area contributed by atoms with Crippen molar-refractivity contribution in [2.45, 2.75) is 25.2 Å². The normalized spacial score (nSPS) is 11.6. The van der Waals surface area contributed by atoms with Crippen molar-refractivity contribution in [1.29, 1.82) is 0 Å². The van der Waals surface area contributed by atoms with Gasteiger partial charge in [0, 0.05) is 25.7 Å². The zero-order chi connectivity index (χ0) is 15.5. The third-order valence-corrected chi connectivity index (χ3v) is 4.90. The lowest BCUT2D eigenvalue weighted by Gasteiger charge is -2.06. The van der Waals surface area contributed by atoms with E-state index >= 15 is 0 Å². The molecule has 114 valence electrons. The van der Waals surface area contributed by atoms with Gasteiger partial charge in [-0.05, 0) is 12.0 Å². The molecule has 0 atom stereocenters. The Hall–Kier alpha value is -1.74.